The molecule has 8 saturated carbocycles. The van der Waals surface area contributed by atoms with E-state index < -0.39 is 0 Å². The molecule has 0 radical (unpaired) electrons. The van der Waals surface area contributed by atoms with Gasteiger partial charge in [0.15, 0.2) is 0 Å². The molecule has 0 aromatic heterocycles. The van der Waals surface area contributed by atoms with E-state index in [1.165, 1.54) is 116 Å². The van der Waals surface area contributed by atoms with Crippen LogP contribution < -0.4 is 0 Å². The molecule has 48 heavy (non-hydrogen) atoms. The van der Waals surface area contributed by atoms with Gasteiger partial charge in [-0.05, 0) is 179 Å². The van der Waals surface area contributed by atoms with Crippen molar-refractivity contribution in [1.29, 1.82) is 0 Å². The van der Waals surface area contributed by atoms with Gasteiger partial charge in [-0.25, -0.2) is 0 Å². The van der Waals surface area contributed by atoms with Gasteiger partial charge in [-0.1, -0.05) is 105 Å². The summed E-state index contributed by atoms with van der Waals surface area (Å²) in [4.78, 5) is 0. The van der Waals surface area contributed by atoms with Crippen LogP contribution in [0.15, 0.2) is 91.0 Å². The van der Waals surface area contributed by atoms with Gasteiger partial charge in [-0.15, -0.1) is 0 Å². The molecule has 9 aliphatic carbocycles. The van der Waals surface area contributed by atoms with Crippen molar-refractivity contribution in [2.24, 2.45) is 35.5 Å². The van der Waals surface area contributed by atoms with Crippen LogP contribution in [0.5, 0.6) is 0 Å². The van der Waals surface area contributed by atoms with Crippen LogP contribution in [-0.2, 0) is 16.2 Å². The van der Waals surface area contributed by atoms with Crippen LogP contribution >= 0.6 is 0 Å². The number of benzene rings is 4. The summed E-state index contributed by atoms with van der Waals surface area (Å²) in [5.41, 5.74) is 14.0. The van der Waals surface area contributed by atoms with Crippen LogP contribution in [0, 0.1) is 35.5 Å². The molecule has 244 valence electrons. The summed E-state index contributed by atoms with van der Waals surface area (Å²) in [6, 6.07) is 37.5. The summed E-state index contributed by atoms with van der Waals surface area (Å²) in [6.07, 6.45) is 17.6. The van der Waals surface area contributed by atoms with Crippen molar-refractivity contribution >= 4 is 0 Å². The Morgan fingerprint density at radius 2 is 0.833 bits per heavy atom. The molecule has 0 unspecified atom stereocenters. The molecule has 0 spiro atoms. The Bertz CT molecular complexity index is 1740. The SMILES string of the molecule is CC(C)c1ccc2c(c1)C(c1ccc(C34CC5CC(CC(C5)C3)C4)cc1)(c1ccc(C34CC5CC(CC(C5)C3)C4)cc1)c1ccccc1-2. The second-order valence-corrected chi connectivity index (χ2v) is 18.8. The number of hydrogen-bond donors (Lipinski definition) is 0. The van der Waals surface area contributed by atoms with Crippen LogP contribution in [0.25, 0.3) is 11.1 Å². The fraction of sp³-hybridized carbons (Fsp3) is 0.500. The van der Waals surface area contributed by atoms with Gasteiger partial charge in [0.05, 0.1) is 5.41 Å². The topological polar surface area (TPSA) is 0 Å². The van der Waals surface area contributed by atoms with Crippen molar-refractivity contribution < 1.29 is 0 Å². The van der Waals surface area contributed by atoms with Gasteiger partial charge in [-0.2, -0.15) is 0 Å². The molecule has 8 fully saturated rings. The van der Waals surface area contributed by atoms with Gasteiger partial charge in [0.1, 0.15) is 0 Å². The maximum Gasteiger partial charge on any atom is 0.0713 e. The first-order chi connectivity index (χ1) is 23.4. The Labute approximate surface area is 288 Å². The molecule has 13 rings (SSSR count). The summed E-state index contributed by atoms with van der Waals surface area (Å²) in [5.74, 6) is 6.32. The summed E-state index contributed by atoms with van der Waals surface area (Å²) in [6.45, 7) is 4.71. The Morgan fingerprint density at radius 1 is 0.438 bits per heavy atom. The Hall–Kier alpha value is -3.12. The zero-order chi connectivity index (χ0) is 31.8. The third-order valence-corrected chi connectivity index (χ3v) is 15.7. The van der Waals surface area contributed by atoms with E-state index in [4.69, 9.17) is 0 Å². The van der Waals surface area contributed by atoms with Crippen molar-refractivity contribution in [3.8, 4) is 11.1 Å². The summed E-state index contributed by atoms with van der Waals surface area (Å²) >= 11 is 0. The molecule has 0 heterocycles. The first kappa shape index (κ1) is 28.7. The quantitative estimate of drug-likeness (QED) is 0.182. The molecule has 0 aliphatic heterocycles. The number of hydrogen-bond acceptors (Lipinski definition) is 0. The van der Waals surface area contributed by atoms with Crippen LogP contribution in [0.1, 0.15) is 136 Å². The van der Waals surface area contributed by atoms with Crippen LogP contribution in [0.3, 0.4) is 0 Å². The van der Waals surface area contributed by atoms with Crippen molar-refractivity contribution in [2.75, 3.05) is 0 Å². The zero-order valence-corrected chi connectivity index (χ0v) is 29.2. The van der Waals surface area contributed by atoms with Gasteiger partial charge in [0.2, 0.25) is 0 Å². The summed E-state index contributed by atoms with van der Waals surface area (Å²) in [7, 11) is 0. The van der Waals surface area contributed by atoms with Crippen molar-refractivity contribution in [3.05, 3.63) is 130 Å². The molecule has 0 amide bonds. The smallest absolute Gasteiger partial charge is 0.0619 e. The fourth-order valence-electron chi connectivity index (χ4n) is 14.5. The van der Waals surface area contributed by atoms with E-state index in [1.54, 1.807) is 11.1 Å². The predicted molar refractivity (Wildman–Crippen MR) is 198 cm³/mol. The fourth-order valence-corrected chi connectivity index (χ4v) is 14.5. The number of fused-ring (bicyclic) bond motifs is 3. The first-order valence-corrected chi connectivity index (χ1v) is 19.9. The highest BCUT2D eigenvalue weighted by Gasteiger charge is 2.54. The molecule has 0 atom stereocenters. The highest BCUT2D eigenvalue weighted by atomic mass is 14.6. The Kier molecular flexibility index (Phi) is 5.97. The minimum absolute atomic E-state index is 0.309. The lowest BCUT2D eigenvalue weighted by molar-refractivity contribution is -0.00530. The van der Waals surface area contributed by atoms with Crippen LogP contribution in [-0.4, -0.2) is 0 Å². The van der Waals surface area contributed by atoms with Crippen LogP contribution in [0.2, 0.25) is 0 Å². The normalized spacial score (nSPS) is 38.1. The molecule has 8 bridgehead atoms. The third-order valence-electron chi connectivity index (χ3n) is 15.7. The van der Waals surface area contributed by atoms with E-state index >= 15 is 0 Å². The third kappa shape index (κ3) is 3.90. The van der Waals surface area contributed by atoms with Gasteiger partial charge < -0.3 is 0 Å². The second-order valence-electron chi connectivity index (χ2n) is 18.8. The maximum absolute atomic E-state index is 2.60. The minimum atomic E-state index is -0.309. The van der Waals surface area contributed by atoms with E-state index in [0.717, 1.165) is 35.5 Å². The molecule has 0 saturated heterocycles. The van der Waals surface area contributed by atoms with E-state index in [1.807, 2.05) is 0 Å². The molecule has 4 aromatic carbocycles. The molecular weight excluding hydrogens is 577 g/mol. The van der Waals surface area contributed by atoms with Gasteiger partial charge in [0.25, 0.3) is 0 Å². The largest absolute Gasteiger partial charge is 0.0713 e. The average Bonchev–Trinajstić information content (AvgIpc) is 3.38. The molecule has 0 N–H and O–H groups in total. The standard InChI is InChI=1S/C48H52/c1-30(2)37-7-16-43-42-5-3-4-6-44(42)48(45(43)23-37,40-12-8-38(9-13-40)46-24-31-17-32(25-46)19-33(18-31)26-46)41-14-10-39(11-15-41)47-27-34-20-35(28-47)22-36(21-34)29-47/h3-16,23,30-36H,17-22,24-29H2,1-2H3. The van der Waals surface area contributed by atoms with Gasteiger partial charge >= 0.3 is 0 Å². The van der Waals surface area contributed by atoms with E-state index in [2.05, 4.69) is 105 Å². The number of rotatable bonds is 5. The second kappa shape index (κ2) is 9.99. The van der Waals surface area contributed by atoms with Gasteiger partial charge in [-0.3, -0.25) is 0 Å². The lowest BCUT2D eigenvalue weighted by Gasteiger charge is -2.57. The molecule has 0 nitrogen and oxygen atoms in total. The summed E-state index contributed by atoms with van der Waals surface area (Å²) < 4.78 is 0. The highest BCUT2D eigenvalue weighted by Crippen LogP contribution is 2.63. The van der Waals surface area contributed by atoms with Crippen molar-refractivity contribution in [3.63, 3.8) is 0 Å². The molecule has 0 heteroatoms. The monoisotopic (exact) mass is 628 g/mol. The molecular formula is C48H52. The van der Waals surface area contributed by atoms with Gasteiger partial charge in [0, 0.05) is 0 Å². The van der Waals surface area contributed by atoms with Crippen LogP contribution in [0.4, 0.5) is 0 Å². The lowest BCUT2D eigenvalue weighted by atomic mass is 9.48. The first-order valence-electron chi connectivity index (χ1n) is 19.9. The van der Waals surface area contributed by atoms with Crippen molar-refractivity contribution in [1.82, 2.24) is 0 Å². The zero-order valence-electron chi connectivity index (χ0n) is 29.2. The van der Waals surface area contributed by atoms with E-state index in [0.29, 0.717) is 16.7 Å². The van der Waals surface area contributed by atoms with Crippen molar-refractivity contribution in [2.45, 2.75) is 113 Å². The predicted octanol–water partition coefficient (Wildman–Crippen LogP) is 12.1. The Balaban J connectivity index is 1.08. The molecule has 4 aromatic rings. The van der Waals surface area contributed by atoms with E-state index in [9.17, 15) is 0 Å². The molecule has 9 aliphatic rings. The Morgan fingerprint density at radius 3 is 1.27 bits per heavy atom. The van der Waals surface area contributed by atoms with E-state index in [-0.39, 0.29) is 5.41 Å². The highest BCUT2D eigenvalue weighted by molar-refractivity contribution is 5.86. The summed E-state index contributed by atoms with van der Waals surface area (Å²) in [5, 5.41) is 0. The minimum Gasteiger partial charge on any atom is -0.0619 e. The maximum atomic E-state index is 2.60. The lowest BCUT2D eigenvalue weighted by Crippen LogP contribution is -2.48. The average molecular weight is 629 g/mol.